The number of hydrogen-bond acceptors (Lipinski definition) is 7. The van der Waals surface area contributed by atoms with Gasteiger partial charge in [-0.1, -0.05) is 54.6 Å². The SMILES string of the molecule is NCCCC[C@H](NC(=O)[C@H](CC(=O)O)NCC(=O)c1ccc(-c2ccccc2)cc1)C(=O)NCCCCN=C(N)N. The molecule has 0 aliphatic carbocycles. The van der Waals surface area contributed by atoms with Crippen molar-refractivity contribution in [3.63, 3.8) is 0 Å². The highest BCUT2D eigenvalue weighted by Gasteiger charge is 2.27. The first-order valence-electron chi connectivity index (χ1n) is 13.7. The largest absolute Gasteiger partial charge is 0.481 e. The third-order valence-electron chi connectivity index (χ3n) is 6.28. The van der Waals surface area contributed by atoms with E-state index in [0.29, 0.717) is 57.3 Å². The van der Waals surface area contributed by atoms with Crippen LogP contribution in [0.3, 0.4) is 0 Å². The van der Waals surface area contributed by atoms with Gasteiger partial charge in [0, 0.05) is 18.7 Å². The first-order valence-corrected chi connectivity index (χ1v) is 13.7. The van der Waals surface area contributed by atoms with Crippen molar-refractivity contribution < 1.29 is 24.3 Å². The van der Waals surface area contributed by atoms with Gasteiger partial charge < -0.3 is 32.9 Å². The molecule has 0 saturated heterocycles. The summed E-state index contributed by atoms with van der Waals surface area (Å²) in [5.41, 5.74) is 18.5. The summed E-state index contributed by atoms with van der Waals surface area (Å²) in [4.78, 5) is 54.1. The summed E-state index contributed by atoms with van der Waals surface area (Å²) in [6, 6.07) is 14.6. The number of guanidine groups is 1. The highest BCUT2D eigenvalue weighted by Crippen LogP contribution is 2.19. The quantitative estimate of drug-likeness (QED) is 0.0551. The van der Waals surface area contributed by atoms with Crippen LogP contribution in [0.25, 0.3) is 11.1 Å². The number of amides is 2. The number of aliphatic imine (C=N–C) groups is 1. The highest BCUT2D eigenvalue weighted by atomic mass is 16.4. The molecule has 0 bridgehead atoms. The smallest absolute Gasteiger partial charge is 0.305 e. The van der Waals surface area contributed by atoms with Crippen LogP contribution < -0.4 is 33.2 Å². The number of carbonyl (C=O) groups excluding carboxylic acids is 3. The molecule has 0 aliphatic heterocycles. The molecule has 2 atom stereocenters. The molecule has 0 heterocycles. The molecule has 0 unspecified atom stereocenters. The van der Waals surface area contributed by atoms with Crippen molar-refractivity contribution in [2.24, 2.45) is 22.2 Å². The van der Waals surface area contributed by atoms with Gasteiger partial charge in [-0.05, 0) is 49.8 Å². The fourth-order valence-electron chi connectivity index (χ4n) is 4.04. The average molecular weight is 568 g/mol. The summed E-state index contributed by atoms with van der Waals surface area (Å²) in [6.45, 7) is 0.977. The minimum Gasteiger partial charge on any atom is -0.481 e. The lowest BCUT2D eigenvalue weighted by molar-refractivity contribution is -0.140. The third kappa shape index (κ3) is 12.6. The molecule has 0 aliphatic rings. The van der Waals surface area contributed by atoms with Crippen LogP contribution in [0.4, 0.5) is 0 Å². The standard InChI is InChI=1S/C29H41N7O5/c30-15-5-4-10-23(27(40)33-16-6-7-17-34-29(31)32)36-28(41)24(18-26(38)39)35-19-25(37)22-13-11-21(12-14-22)20-8-2-1-3-9-20/h1-3,8-9,11-14,23-24,35H,4-7,10,15-19,30H2,(H,33,40)(H,36,41)(H,38,39)(H4,31,32,34)/t23-,24-/m0/s1. The molecule has 222 valence electrons. The van der Waals surface area contributed by atoms with Crippen molar-refractivity contribution in [2.45, 2.75) is 50.6 Å². The van der Waals surface area contributed by atoms with Crippen molar-refractivity contribution in [1.29, 1.82) is 0 Å². The van der Waals surface area contributed by atoms with Gasteiger partial charge in [0.2, 0.25) is 11.8 Å². The fraction of sp³-hybridized carbons (Fsp3) is 0.414. The third-order valence-corrected chi connectivity index (χ3v) is 6.28. The normalized spacial score (nSPS) is 12.1. The number of nitrogens with one attached hydrogen (secondary N) is 3. The highest BCUT2D eigenvalue weighted by molar-refractivity contribution is 5.99. The van der Waals surface area contributed by atoms with Crippen LogP contribution >= 0.6 is 0 Å². The van der Waals surface area contributed by atoms with E-state index in [9.17, 15) is 24.3 Å². The van der Waals surface area contributed by atoms with Gasteiger partial charge in [0.15, 0.2) is 11.7 Å². The van der Waals surface area contributed by atoms with Gasteiger partial charge in [-0.15, -0.1) is 0 Å². The van der Waals surface area contributed by atoms with Crippen molar-refractivity contribution in [3.05, 3.63) is 60.2 Å². The van der Waals surface area contributed by atoms with Crippen LogP contribution in [-0.4, -0.2) is 72.9 Å². The van der Waals surface area contributed by atoms with Crippen LogP contribution in [0.5, 0.6) is 0 Å². The van der Waals surface area contributed by atoms with E-state index in [0.717, 1.165) is 11.1 Å². The second-order valence-corrected chi connectivity index (χ2v) is 9.55. The molecule has 12 heteroatoms. The van der Waals surface area contributed by atoms with Gasteiger partial charge in [-0.2, -0.15) is 0 Å². The monoisotopic (exact) mass is 567 g/mol. The number of nitrogens with two attached hydrogens (primary N) is 3. The van der Waals surface area contributed by atoms with Crippen LogP contribution in [0.15, 0.2) is 59.6 Å². The fourth-order valence-corrected chi connectivity index (χ4v) is 4.04. The van der Waals surface area contributed by atoms with Crippen LogP contribution in [0.1, 0.15) is 48.9 Å². The number of nitrogens with zero attached hydrogens (tertiary/aromatic N) is 1. The molecular weight excluding hydrogens is 526 g/mol. The molecule has 2 rings (SSSR count). The lowest BCUT2D eigenvalue weighted by Crippen LogP contribution is -2.54. The zero-order chi connectivity index (χ0) is 30.0. The molecule has 2 aromatic carbocycles. The maximum absolute atomic E-state index is 13.1. The molecule has 10 N–H and O–H groups in total. The van der Waals surface area contributed by atoms with E-state index in [-0.39, 0.29) is 24.2 Å². The summed E-state index contributed by atoms with van der Waals surface area (Å²) in [5, 5.41) is 17.6. The Kier molecular flexibility index (Phi) is 14.6. The van der Waals surface area contributed by atoms with Crippen LogP contribution in [0.2, 0.25) is 0 Å². The number of unbranched alkanes of at least 4 members (excludes halogenated alkanes) is 2. The molecular formula is C29H41N7O5. The maximum Gasteiger partial charge on any atom is 0.305 e. The number of ketones is 1. The number of carbonyl (C=O) groups is 4. The Morgan fingerprint density at radius 2 is 1.51 bits per heavy atom. The zero-order valence-corrected chi connectivity index (χ0v) is 23.2. The molecule has 41 heavy (non-hydrogen) atoms. The van der Waals surface area contributed by atoms with Gasteiger partial charge in [-0.3, -0.25) is 29.5 Å². The number of carboxylic acid groups (broad SMARTS) is 1. The van der Waals surface area contributed by atoms with Gasteiger partial charge in [0.05, 0.1) is 19.0 Å². The van der Waals surface area contributed by atoms with Crippen LogP contribution in [0, 0.1) is 0 Å². The molecule has 2 aromatic rings. The van der Waals surface area contributed by atoms with Gasteiger partial charge in [0.1, 0.15) is 6.04 Å². The van der Waals surface area contributed by atoms with E-state index in [2.05, 4.69) is 20.9 Å². The van der Waals surface area contributed by atoms with Crippen LogP contribution in [-0.2, 0) is 14.4 Å². The number of Topliss-reactive ketones (excluding diaryl/α,β-unsaturated/α-hetero) is 1. The lowest BCUT2D eigenvalue weighted by atomic mass is 10.0. The lowest BCUT2D eigenvalue weighted by Gasteiger charge is -2.22. The first kappa shape index (κ1) is 32.9. The number of carboxylic acids is 1. The predicted molar refractivity (Wildman–Crippen MR) is 158 cm³/mol. The molecule has 0 spiro atoms. The summed E-state index contributed by atoms with van der Waals surface area (Å²) in [6.07, 6.45) is 2.31. The minimum absolute atomic E-state index is 0.00362. The van der Waals surface area contributed by atoms with Crippen molar-refractivity contribution in [1.82, 2.24) is 16.0 Å². The average Bonchev–Trinajstić information content (AvgIpc) is 2.96. The maximum atomic E-state index is 13.1. The second kappa shape index (κ2) is 18.1. The summed E-state index contributed by atoms with van der Waals surface area (Å²) >= 11 is 0. The molecule has 2 amide bonds. The number of hydrogen-bond donors (Lipinski definition) is 7. The molecule has 12 nitrogen and oxygen atoms in total. The summed E-state index contributed by atoms with van der Waals surface area (Å²) in [7, 11) is 0. The van der Waals surface area contributed by atoms with Crippen molar-refractivity contribution in [3.8, 4) is 11.1 Å². The molecule has 0 fully saturated rings. The zero-order valence-electron chi connectivity index (χ0n) is 23.2. The Hall–Kier alpha value is -4.29. The minimum atomic E-state index is -1.22. The predicted octanol–water partition coefficient (Wildman–Crippen LogP) is 0.753. The topological polar surface area (TPSA) is 215 Å². The van der Waals surface area contributed by atoms with E-state index in [1.54, 1.807) is 12.1 Å². The van der Waals surface area contributed by atoms with Gasteiger partial charge in [0.25, 0.3) is 0 Å². The Morgan fingerprint density at radius 3 is 2.15 bits per heavy atom. The Labute approximate surface area is 240 Å². The first-order chi connectivity index (χ1) is 19.7. The molecule has 0 aromatic heterocycles. The number of rotatable bonds is 19. The Bertz CT molecular complexity index is 1150. The van der Waals surface area contributed by atoms with E-state index >= 15 is 0 Å². The molecule has 0 saturated carbocycles. The van der Waals surface area contributed by atoms with E-state index in [1.807, 2.05) is 42.5 Å². The van der Waals surface area contributed by atoms with Crippen molar-refractivity contribution >= 4 is 29.5 Å². The van der Waals surface area contributed by atoms with Gasteiger partial charge >= 0.3 is 5.97 Å². The summed E-state index contributed by atoms with van der Waals surface area (Å²) < 4.78 is 0. The van der Waals surface area contributed by atoms with Gasteiger partial charge in [-0.25, -0.2) is 0 Å². The van der Waals surface area contributed by atoms with E-state index < -0.39 is 30.4 Å². The van der Waals surface area contributed by atoms with E-state index in [4.69, 9.17) is 17.2 Å². The number of aliphatic carboxylic acids is 1. The number of benzene rings is 2. The van der Waals surface area contributed by atoms with E-state index in [1.165, 1.54) is 0 Å². The summed E-state index contributed by atoms with van der Waals surface area (Å²) in [5.74, 6) is -2.59. The second-order valence-electron chi connectivity index (χ2n) is 9.55. The molecule has 0 radical (unpaired) electrons. The Morgan fingerprint density at radius 1 is 0.829 bits per heavy atom. The van der Waals surface area contributed by atoms with Crippen molar-refractivity contribution in [2.75, 3.05) is 26.2 Å². The Balaban J connectivity index is 1.98.